The topological polar surface area (TPSA) is 66.5 Å². The quantitative estimate of drug-likeness (QED) is 0.794. The van der Waals surface area contributed by atoms with E-state index in [1.807, 2.05) is 6.92 Å². The standard InChI is InChI=1S/C20H22ClFN2O3S/c1-14(15-8-10-17(22)11-9-15)23-20(25)16-5-4-12-24(13-16)28(26,27)19-7-3-2-6-18(19)21/h2-3,6-11,14,16H,4-5,12-13H2,1H3,(H,23,25). The predicted molar refractivity (Wildman–Crippen MR) is 106 cm³/mol. The molecule has 1 N–H and O–H groups in total. The molecular formula is C20H22ClFN2O3S. The molecule has 1 aliphatic heterocycles. The molecule has 1 aliphatic rings. The number of carbonyl (C=O) groups is 1. The summed E-state index contributed by atoms with van der Waals surface area (Å²) in [5.41, 5.74) is 0.783. The van der Waals surface area contributed by atoms with Crippen LogP contribution in [0.4, 0.5) is 4.39 Å². The summed E-state index contributed by atoms with van der Waals surface area (Å²) < 4.78 is 40.2. The van der Waals surface area contributed by atoms with E-state index in [0.29, 0.717) is 19.4 Å². The van der Waals surface area contributed by atoms with E-state index in [4.69, 9.17) is 11.6 Å². The molecule has 28 heavy (non-hydrogen) atoms. The molecule has 0 radical (unpaired) electrons. The largest absolute Gasteiger partial charge is 0.349 e. The number of piperidine rings is 1. The average Bonchev–Trinajstić information content (AvgIpc) is 2.68. The Morgan fingerprint density at radius 1 is 1.21 bits per heavy atom. The van der Waals surface area contributed by atoms with Crippen LogP contribution >= 0.6 is 11.6 Å². The van der Waals surface area contributed by atoms with Gasteiger partial charge in [-0.2, -0.15) is 4.31 Å². The van der Waals surface area contributed by atoms with Crippen molar-refractivity contribution in [3.8, 4) is 0 Å². The lowest BCUT2D eigenvalue weighted by molar-refractivity contribution is -0.126. The zero-order valence-corrected chi connectivity index (χ0v) is 17.0. The Kier molecular flexibility index (Phi) is 6.37. The molecule has 1 saturated heterocycles. The summed E-state index contributed by atoms with van der Waals surface area (Å²) in [4.78, 5) is 12.7. The van der Waals surface area contributed by atoms with Crippen LogP contribution in [0.3, 0.4) is 0 Å². The van der Waals surface area contributed by atoms with Gasteiger partial charge in [-0.15, -0.1) is 0 Å². The van der Waals surface area contributed by atoms with E-state index in [2.05, 4.69) is 5.32 Å². The zero-order chi connectivity index (χ0) is 20.3. The van der Waals surface area contributed by atoms with E-state index in [1.54, 1.807) is 24.3 Å². The first-order chi connectivity index (χ1) is 13.3. The molecule has 2 unspecified atom stereocenters. The lowest BCUT2D eigenvalue weighted by Crippen LogP contribution is -2.45. The van der Waals surface area contributed by atoms with Crippen molar-refractivity contribution in [3.63, 3.8) is 0 Å². The zero-order valence-electron chi connectivity index (χ0n) is 15.4. The lowest BCUT2D eigenvalue weighted by atomic mass is 9.98. The van der Waals surface area contributed by atoms with Gasteiger partial charge in [0.25, 0.3) is 0 Å². The molecular weight excluding hydrogens is 403 g/mol. The van der Waals surface area contributed by atoms with Crippen LogP contribution in [0.15, 0.2) is 53.4 Å². The van der Waals surface area contributed by atoms with Crippen LogP contribution in [0.5, 0.6) is 0 Å². The van der Waals surface area contributed by atoms with Gasteiger partial charge in [0.2, 0.25) is 15.9 Å². The van der Waals surface area contributed by atoms with E-state index >= 15 is 0 Å². The number of sulfonamides is 1. The summed E-state index contributed by atoms with van der Waals surface area (Å²) in [6.07, 6.45) is 1.20. The lowest BCUT2D eigenvalue weighted by Gasteiger charge is -2.32. The van der Waals surface area contributed by atoms with Crippen LogP contribution < -0.4 is 5.32 Å². The Balaban J connectivity index is 1.69. The van der Waals surface area contributed by atoms with Crippen LogP contribution in [0.2, 0.25) is 5.02 Å². The fourth-order valence-electron chi connectivity index (χ4n) is 3.33. The fraction of sp³-hybridized carbons (Fsp3) is 0.350. The van der Waals surface area contributed by atoms with Gasteiger partial charge >= 0.3 is 0 Å². The fourth-order valence-corrected chi connectivity index (χ4v) is 5.35. The number of carbonyl (C=O) groups excluding carboxylic acids is 1. The molecule has 150 valence electrons. The van der Waals surface area contributed by atoms with Gasteiger partial charge in [0.15, 0.2) is 0 Å². The van der Waals surface area contributed by atoms with E-state index in [-0.39, 0.29) is 34.2 Å². The van der Waals surface area contributed by atoms with Gasteiger partial charge in [-0.1, -0.05) is 35.9 Å². The monoisotopic (exact) mass is 424 g/mol. The highest BCUT2D eigenvalue weighted by Crippen LogP contribution is 2.28. The van der Waals surface area contributed by atoms with Gasteiger partial charge in [-0.05, 0) is 49.6 Å². The minimum atomic E-state index is -3.76. The number of hydrogen-bond donors (Lipinski definition) is 1. The number of rotatable bonds is 5. The highest BCUT2D eigenvalue weighted by atomic mass is 35.5. The van der Waals surface area contributed by atoms with E-state index < -0.39 is 15.9 Å². The number of amides is 1. The van der Waals surface area contributed by atoms with Gasteiger partial charge in [-0.3, -0.25) is 4.79 Å². The van der Waals surface area contributed by atoms with E-state index in [9.17, 15) is 17.6 Å². The third-order valence-electron chi connectivity index (χ3n) is 4.94. The number of halogens is 2. The first kappa shape index (κ1) is 20.8. The molecule has 2 atom stereocenters. The third kappa shape index (κ3) is 4.54. The molecule has 5 nitrogen and oxygen atoms in total. The Morgan fingerprint density at radius 2 is 1.89 bits per heavy atom. The maximum Gasteiger partial charge on any atom is 0.244 e. The van der Waals surface area contributed by atoms with Crippen LogP contribution in [0.25, 0.3) is 0 Å². The molecule has 0 aromatic heterocycles. The second-order valence-electron chi connectivity index (χ2n) is 6.91. The molecule has 2 aromatic rings. The van der Waals surface area contributed by atoms with Crippen molar-refractivity contribution in [2.45, 2.75) is 30.7 Å². The molecule has 1 amide bonds. The third-order valence-corrected chi connectivity index (χ3v) is 7.30. The molecule has 1 fully saturated rings. The SMILES string of the molecule is CC(NC(=O)C1CCCN(S(=O)(=O)c2ccccc2Cl)C1)c1ccc(F)cc1. The molecule has 0 saturated carbocycles. The first-order valence-electron chi connectivity index (χ1n) is 9.09. The Bertz CT molecular complexity index is 950. The minimum absolute atomic E-state index is 0.0532. The smallest absolute Gasteiger partial charge is 0.244 e. The predicted octanol–water partition coefficient (Wildman–Crippen LogP) is 3.76. The molecule has 8 heteroatoms. The van der Waals surface area contributed by atoms with Crippen LogP contribution in [0, 0.1) is 11.7 Å². The van der Waals surface area contributed by atoms with Crippen molar-refractivity contribution in [2.24, 2.45) is 5.92 Å². The Morgan fingerprint density at radius 3 is 2.57 bits per heavy atom. The van der Waals surface area contributed by atoms with Crippen molar-refractivity contribution in [2.75, 3.05) is 13.1 Å². The highest BCUT2D eigenvalue weighted by molar-refractivity contribution is 7.89. The number of nitrogens with zero attached hydrogens (tertiary/aromatic N) is 1. The van der Waals surface area contributed by atoms with Gasteiger partial charge < -0.3 is 5.32 Å². The summed E-state index contributed by atoms with van der Waals surface area (Å²) >= 11 is 6.06. The van der Waals surface area contributed by atoms with Crippen molar-refractivity contribution in [1.82, 2.24) is 9.62 Å². The van der Waals surface area contributed by atoms with Gasteiger partial charge in [-0.25, -0.2) is 12.8 Å². The second kappa shape index (κ2) is 8.59. The number of nitrogens with one attached hydrogen (secondary N) is 1. The summed E-state index contributed by atoms with van der Waals surface area (Å²) in [7, 11) is -3.76. The summed E-state index contributed by atoms with van der Waals surface area (Å²) in [5.74, 6) is -1.00. The Hall–Kier alpha value is -1.96. The van der Waals surface area contributed by atoms with Gasteiger partial charge in [0.1, 0.15) is 10.7 Å². The number of hydrogen-bond acceptors (Lipinski definition) is 3. The highest BCUT2D eigenvalue weighted by Gasteiger charge is 2.34. The molecule has 1 heterocycles. The molecule has 0 spiro atoms. The van der Waals surface area contributed by atoms with Crippen LogP contribution in [-0.2, 0) is 14.8 Å². The number of benzene rings is 2. The van der Waals surface area contributed by atoms with Crippen molar-refractivity contribution in [3.05, 3.63) is 64.9 Å². The molecule has 0 aliphatic carbocycles. The normalized spacial score (nSPS) is 19.2. The maximum atomic E-state index is 13.1. The Labute approximate surface area is 169 Å². The van der Waals surface area contributed by atoms with Crippen molar-refractivity contribution >= 4 is 27.5 Å². The first-order valence-corrected chi connectivity index (χ1v) is 10.9. The van der Waals surface area contributed by atoms with E-state index in [0.717, 1.165) is 5.56 Å². The van der Waals surface area contributed by atoms with Gasteiger partial charge in [0, 0.05) is 13.1 Å². The van der Waals surface area contributed by atoms with Crippen LogP contribution in [0.1, 0.15) is 31.4 Å². The second-order valence-corrected chi connectivity index (χ2v) is 9.23. The average molecular weight is 425 g/mol. The molecule has 2 aromatic carbocycles. The van der Waals surface area contributed by atoms with Crippen molar-refractivity contribution < 1.29 is 17.6 Å². The summed E-state index contributed by atoms with van der Waals surface area (Å²) in [6, 6.07) is 11.9. The van der Waals surface area contributed by atoms with Gasteiger partial charge in [0.05, 0.1) is 17.0 Å². The molecule has 3 rings (SSSR count). The van der Waals surface area contributed by atoms with E-state index in [1.165, 1.54) is 28.6 Å². The van der Waals surface area contributed by atoms with Crippen LogP contribution in [-0.4, -0.2) is 31.7 Å². The minimum Gasteiger partial charge on any atom is -0.349 e. The maximum absolute atomic E-state index is 13.1. The summed E-state index contributed by atoms with van der Waals surface area (Å²) in [5, 5.41) is 3.07. The summed E-state index contributed by atoms with van der Waals surface area (Å²) in [6.45, 7) is 2.27. The molecule has 0 bridgehead atoms. The van der Waals surface area contributed by atoms with Crippen molar-refractivity contribution in [1.29, 1.82) is 0 Å².